The number of hydrogen-bond acceptors (Lipinski definition) is 6. The minimum atomic E-state index is -0.0485. The van der Waals surface area contributed by atoms with Crippen molar-refractivity contribution in [1.82, 2.24) is 15.0 Å². The average molecular weight is 425 g/mol. The average Bonchev–Trinajstić information content (AvgIpc) is 2.75. The Balaban J connectivity index is 1.36. The molecule has 0 bridgehead atoms. The molecular weight excluding hydrogens is 400 g/mol. The van der Waals surface area contributed by atoms with Crippen molar-refractivity contribution in [3.05, 3.63) is 95.9 Å². The van der Waals surface area contributed by atoms with Crippen LogP contribution in [0.5, 0.6) is 0 Å². The number of pyridine rings is 1. The summed E-state index contributed by atoms with van der Waals surface area (Å²) in [6.45, 7) is 4.03. The number of aryl methyl sites for hydroxylation is 2. The summed E-state index contributed by atoms with van der Waals surface area (Å²) in [6, 6.07) is 21.1. The summed E-state index contributed by atoms with van der Waals surface area (Å²) in [4.78, 5) is 25.1. The molecule has 2 aromatic carbocycles. The van der Waals surface area contributed by atoms with Crippen LogP contribution in [0.25, 0.3) is 0 Å². The number of carbonyl (C=O) groups excluding carboxylic acids is 1. The molecule has 4 aromatic rings. The summed E-state index contributed by atoms with van der Waals surface area (Å²) in [5, 5.41) is 9.35. The van der Waals surface area contributed by atoms with Crippen LogP contribution in [0.4, 0.5) is 28.8 Å². The first kappa shape index (κ1) is 21.0. The lowest BCUT2D eigenvalue weighted by Gasteiger charge is -2.10. The fraction of sp³-hybridized carbons (Fsp3) is 0.120. The van der Waals surface area contributed by atoms with E-state index in [4.69, 9.17) is 0 Å². The van der Waals surface area contributed by atoms with E-state index in [0.717, 1.165) is 33.9 Å². The number of hydrogen-bond donors (Lipinski definition) is 3. The van der Waals surface area contributed by atoms with Gasteiger partial charge in [-0.05, 0) is 61.4 Å². The Morgan fingerprint density at radius 1 is 0.750 bits per heavy atom. The van der Waals surface area contributed by atoms with E-state index < -0.39 is 0 Å². The van der Waals surface area contributed by atoms with E-state index in [2.05, 4.69) is 30.9 Å². The number of nitrogens with zero attached hydrogens (tertiary/aromatic N) is 3. The van der Waals surface area contributed by atoms with E-state index in [0.29, 0.717) is 18.1 Å². The Morgan fingerprint density at radius 2 is 1.44 bits per heavy atom. The summed E-state index contributed by atoms with van der Waals surface area (Å²) in [7, 11) is 0. The maximum atomic E-state index is 12.3. The molecule has 1 amide bonds. The summed E-state index contributed by atoms with van der Waals surface area (Å²) in [6.07, 6.45) is 3.58. The van der Waals surface area contributed by atoms with Gasteiger partial charge < -0.3 is 16.0 Å². The van der Waals surface area contributed by atoms with Gasteiger partial charge in [-0.25, -0.2) is 15.0 Å². The van der Waals surface area contributed by atoms with Crippen LogP contribution in [0.1, 0.15) is 16.7 Å². The van der Waals surface area contributed by atoms with Crippen molar-refractivity contribution >= 4 is 34.7 Å². The van der Waals surface area contributed by atoms with E-state index in [1.165, 1.54) is 6.33 Å². The van der Waals surface area contributed by atoms with Crippen molar-refractivity contribution in [1.29, 1.82) is 0 Å². The number of benzene rings is 2. The lowest BCUT2D eigenvalue weighted by atomic mass is 10.1. The fourth-order valence-corrected chi connectivity index (χ4v) is 3.23. The number of aromatic nitrogens is 3. The first-order valence-corrected chi connectivity index (χ1v) is 10.3. The van der Waals surface area contributed by atoms with Gasteiger partial charge in [0.15, 0.2) is 0 Å². The van der Waals surface area contributed by atoms with Gasteiger partial charge in [0.25, 0.3) is 0 Å². The predicted molar refractivity (Wildman–Crippen MR) is 128 cm³/mol. The zero-order chi connectivity index (χ0) is 22.3. The van der Waals surface area contributed by atoms with Gasteiger partial charge in [-0.2, -0.15) is 0 Å². The Bertz CT molecular complexity index is 1220. The molecule has 0 aliphatic rings. The number of nitrogens with one attached hydrogen (secondary N) is 3. The molecule has 0 aliphatic carbocycles. The van der Waals surface area contributed by atoms with Crippen molar-refractivity contribution in [2.75, 3.05) is 16.0 Å². The first-order chi connectivity index (χ1) is 15.5. The lowest BCUT2D eigenvalue weighted by Crippen LogP contribution is -2.14. The van der Waals surface area contributed by atoms with E-state index in [1.807, 2.05) is 80.6 Å². The van der Waals surface area contributed by atoms with Gasteiger partial charge in [0, 0.05) is 23.6 Å². The monoisotopic (exact) mass is 424 g/mol. The van der Waals surface area contributed by atoms with Crippen molar-refractivity contribution in [3.63, 3.8) is 0 Å². The van der Waals surface area contributed by atoms with Crippen LogP contribution in [0, 0.1) is 13.8 Å². The zero-order valence-corrected chi connectivity index (χ0v) is 18.0. The molecule has 2 aromatic heterocycles. The van der Waals surface area contributed by atoms with Crippen LogP contribution in [0.3, 0.4) is 0 Å². The summed E-state index contributed by atoms with van der Waals surface area (Å²) >= 11 is 0. The molecule has 2 heterocycles. The quantitative estimate of drug-likeness (QED) is 0.380. The minimum Gasteiger partial charge on any atom is -0.340 e. The second-order valence-electron chi connectivity index (χ2n) is 7.55. The molecular formula is C25H24N6O. The smallest absolute Gasteiger partial charge is 0.228 e. The third-order valence-corrected chi connectivity index (χ3v) is 4.73. The molecule has 0 unspecified atom stereocenters. The molecule has 160 valence electrons. The van der Waals surface area contributed by atoms with Crippen molar-refractivity contribution in [2.45, 2.75) is 20.3 Å². The van der Waals surface area contributed by atoms with Crippen molar-refractivity contribution in [2.24, 2.45) is 0 Å². The fourth-order valence-electron chi connectivity index (χ4n) is 3.23. The molecule has 4 rings (SSSR count). The van der Waals surface area contributed by atoms with Crippen molar-refractivity contribution < 1.29 is 4.79 Å². The molecule has 0 saturated heterocycles. The molecule has 0 radical (unpaired) electrons. The Kier molecular flexibility index (Phi) is 6.36. The highest BCUT2D eigenvalue weighted by Gasteiger charge is 2.06. The molecule has 0 aliphatic heterocycles. The highest BCUT2D eigenvalue weighted by Crippen LogP contribution is 2.20. The number of carbonyl (C=O) groups is 1. The van der Waals surface area contributed by atoms with Gasteiger partial charge in [-0.1, -0.05) is 29.8 Å². The highest BCUT2D eigenvalue weighted by molar-refractivity contribution is 5.92. The third kappa shape index (κ3) is 5.89. The van der Waals surface area contributed by atoms with Crippen molar-refractivity contribution in [3.8, 4) is 0 Å². The third-order valence-electron chi connectivity index (χ3n) is 4.73. The van der Waals surface area contributed by atoms with Gasteiger partial charge in [0.2, 0.25) is 5.91 Å². The van der Waals surface area contributed by atoms with Crippen LogP contribution in [-0.4, -0.2) is 20.9 Å². The minimum absolute atomic E-state index is 0.0485. The normalized spacial score (nSPS) is 10.4. The van der Waals surface area contributed by atoms with Crippen LogP contribution in [0.2, 0.25) is 0 Å². The van der Waals surface area contributed by atoms with E-state index in [9.17, 15) is 4.79 Å². The van der Waals surface area contributed by atoms with Gasteiger partial charge in [-0.15, -0.1) is 0 Å². The molecule has 3 N–H and O–H groups in total. The molecule has 0 spiro atoms. The van der Waals surface area contributed by atoms with E-state index in [-0.39, 0.29) is 5.91 Å². The molecule has 7 heteroatoms. The van der Waals surface area contributed by atoms with Crippen LogP contribution in [-0.2, 0) is 11.2 Å². The predicted octanol–water partition coefficient (Wildman–Crippen LogP) is 5.16. The van der Waals surface area contributed by atoms with Gasteiger partial charge in [0.05, 0.1) is 6.42 Å². The summed E-state index contributed by atoms with van der Waals surface area (Å²) in [5.74, 6) is 1.96. The molecule has 0 saturated carbocycles. The van der Waals surface area contributed by atoms with Crippen LogP contribution >= 0.6 is 0 Å². The second kappa shape index (κ2) is 9.70. The first-order valence-electron chi connectivity index (χ1n) is 10.3. The standard InChI is InChI=1S/C25H24N6O/c1-17-4-3-5-19(12-17)14-25(32)30-21-8-6-20(7-9-21)29-23-15-24(28-16-27-23)31-22-13-18(2)10-11-26-22/h3-13,15-16H,14H2,1-2H3,(H,30,32)(H2,26,27,28,29,31). The zero-order valence-electron chi connectivity index (χ0n) is 18.0. The topological polar surface area (TPSA) is 91.8 Å². The second-order valence-corrected chi connectivity index (χ2v) is 7.55. The van der Waals surface area contributed by atoms with Crippen LogP contribution in [0.15, 0.2) is 79.3 Å². The molecule has 0 fully saturated rings. The van der Waals surface area contributed by atoms with E-state index in [1.54, 1.807) is 6.20 Å². The molecule has 32 heavy (non-hydrogen) atoms. The Labute approximate surface area is 187 Å². The number of amides is 1. The summed E-state index contributed by atoms with van der Waals surface area (Å²) < 4.78 is 0. The van der Waals surface area contributed by atoms with Gasteiger partial charge in [0.1, 0.15) is 23.8 Å². The largest absolute Gasteiger partial charge is 0.340 e. The van der Waals surface area contributed by atoms with Gasteiger partial charge in [-0.3, -0.25) is 4.79 Å². The molecule has 7 nitrogen and oxygen atoms in total. The van der Waals surface area contributed by atoms with E-state index >= 15 is 0 Å². The Morgan fingerprint density at radius 3 is 2.19 bits per heavy atom. The maximum Gasteiger partial charge on any atom is 0.228 e. The number of anilines is 5. The maximum absolute atomic E-state index is 12.3. The van der Waals surface area contributed by atoms with Crippen LogP contribution < -0.4 is 16.0 Å². The Hall–Kier alpha value is -4.26. The van der Waals surface area contributed by atoms with Gasteiger partial charge >= 0.3 is 0 Å². The SMILES string of the molecule is Cc1cccc(CC(=O)Nc2ccc(Nc3cc(Nc4cc(C)ccn4)ncn3)cc2)c1. The lowest BCUT2D eigenvalue weighted by molar-refractivity contribution is -0.115. The highest BCUT2D eigenvalue weighted by atomic mass is 16.1. The number of rotatable bonds is 7. The molecule has 0 atom stereocenters. The summed E-state index contributed by atoms with van der Waals surface area (Å²) in [5.41, 5.74) is 4.84.